The number of H-pyrrole nitrogens is 1. The van der Waals surface area contributed by atoms with Crippen LogP contribution in [0, 0.1) is 5.82 Å². The lowest BCUT2D eigenvalue weighted by atomic mass is 10.2. The highest BCUT2D eigenvalue weighted by Crippen LogP contribution is 2.25. The average Bonchev–Trinajstić information content (AvgIpc) is 3.10. The summed E-state index contributed by atoms with van der Waals surface area (Å²) in [6.45, 7) is 0.410. The van der Waals surface area contributed by atoms with Gasteiger partial charge in [-0.25, -0.2) is 4.39 Å². The Balaban J connectivity index is 1.80. The fourth-order valence-electron chi connectivity index (χ4n) is 2.18. The van der Waals surface area contributed by atoms with Gasteiger partial charge in [-0.05, 0) is 30.3 Å². The van der Waals surface area contributed by atoms with E-state index in [-0.39, 0.29) is 11.7 Å². The summed E-state index contributed by atoms with van der Waals surface area (Å²) in [7, 11) is 1.69. The summed E-state index contributed by atoms with van der Waals surface area (Å²) in [5.41, 5.74) is 1.27. The molecule has 0 bridgehead atoms. The van der Waals surface area contributed by atoms with E-state index in [0.29, 0.717) is 23.6 Å². The molecule has 6 nitrogen and oxygen atoms in total. The summed E-state index contributed by atoms with van der Waals surface area (Å²) in [5, 5.41) is 6.57. The number of halogens is 1. The highest BCUT2D eigenvalue weighted by molar-refractivity contribution is 5.96. The molecule has 0 saturated carbocycles. The molecule has 2 aromatic heterocycles. The number of aromatic amines is 1. The van der Waals surface area contributed by atoms with E-state index in [0.717, 1.165) is 5.56 Å². The number of aromatic nitrogens is 3. The van der Waals surface area contributed by atoms with Gasteiger partial charge in [-0.15, -0.1) is 0 Å². The van der Waals surface area contributed by atoms with Crippen LogP contribution in [0.1, 0.15) is 15.9 Å². The fraction of sp³-hybridized carbons (Fsp3) is 0.118. The van der Waals surface area contributed by atoms with Gasteiger partial charge in [-0.2, -0.15) is 5.10 Å². The molecule has 1 N–H and O–H groups in total. The largest absolute Gasteiger partial charge is 0.455 e. The van der Waals surface area contributed by atoms with Gasteiger partial charge in [0.15, 0.2) is 5.75 Å². The minimum absolute atomic E-state index is 0.212. The SMILES string of the molecule is CN(Cc1cn[nH]c1)C(=O)c1ccncc1Oc1ccc(F)cc1. The Bertz CT molecular complexity index is 819. The summed E-state index contributed by atoms with van der Waals surface area (Å²) in [4.78, 5) is 18.2. The molecule has 3 aromatic rings. The number of amides is 1. The zero-order chi connectivity index (χ0) is 16.9. The van der Waals surface area contributed by atoms with Crippen molar-refractivity contribution in [3.05, 3.63) is 72.1 Å². The van der Waals surface area contributed by atoms with E-state index in [1.54, 1.807) is 30.4 Å². The molecule has 0 unspecified atom stereocenters. The number of hydrogen-bond acceptors (Lipinski definition) is 4. The van der Waals surface area contributed by atoms with Gasteiger partial charge < -0.3 is 9.64 Å². The van der Waals surface area contributed by atoms with Gasteiger partial charge in [0, 0.05) is 31.5 Å². The highest BCUT2D eigenvalue weighted by Gasteiger charge is 2.18. The molecule has 0 aliphatic rings. The number of ether oxygens (including phenoxy) is 1. The third-order valence-electron chi connectivity index (χ3n) is 3.38. The number of rotatable bonds is 5. The van der Waals surface area contributed by atoms with Crippen molar-refractivity contribution in [1.29, 1.82) is 0 Å². The lowest BCUT2D eigenvalue weighted by Crippen LogP contribution is -2.26. The van der Waals surface area contributed by atoms with Crippen LogP contribution in [0.2, 0.25) is 0 Å². The van der Waals surface area contributed by atoms with Crippen molar-refractivity contribution >= 4 is 5.91 Å². The summed E-state index contributed by atoms with van der Waals surface area (Å²) >= 11 is 0. The predicted molar refractivity (Wildman–Crippen MR) is 85.1 cm³/mol. The van der Waals surface area contributed by atoms with E-state index < -0.39 is 0 Å². The zero-order valence-corrected chi connectivity index (χ0v) is 12.9. The number of carbonyl (C=O) groups excluding carboxylic acids is 1. The topological polar surface area (TPSA) is 71.1 Å². The van der Waals surface area contributed by atoms with Crippen molar-refractivity contribution in [2.75, 3.05) is 7.05 Å². The van der Waals surface area contributed by atoms with Gasteiger partial charge >= 0.3 is 0 Å². The van der Waals surface area contributed by atoms with E-state index in [9.17, 15) is 9.18 Å². The number of benzene rings is 1. The van der Waals surface area contributed by atoms with Gasteiger partial charge in [0.25, 0.3) is 5.91 Å². The first kappa shape index (κ1) is 15.7. The molecule has 0 saturated heterocycles. The molecule has 1 amide bonds. The molecule has 0 aliphatic heterocycles. The molecule has 3 rings (SSSR count). The monoisotopic (exact) mass is 326 g/mol. The van der Waals surface area contributed by atoms with E-state index in [1.807, 2.05) is 0 Å². The first-order valence-electron chi connectivity index (χ1n) is 7.24. The van der Waals surface area contributed by atoms with Crippen molar-refractivity contribution in [1.82, 2.24) is 20.1 Å². The number of hydrogen-bond donors (Lipinski definition) is 1. The van der Waals surface area contributed by atoms with Gasteiger partial charge in [0.2, 0.25) is 0 Å². The maximum Gasteiger partial charge on any atom is 0.257 e. The van der Waals surface area contributed by atoms with Crippen LogP contribution in [0.15, 0.2) is 55.1 Å². The Hall–Kier alpha value is -3.22. The summed E-state index contributed by atoms with van der Waals surface area (Å²) in [6.07, 6.45) is 6.37. The number of nitrogens with one attached hydrogen (secondary N) is 1. The normalized spacial score (nSPS) is 10.4. The van der Waals surface area contributed by atoms with Crippen LogP contribution in [0.4, 0.5) is 4.39 Å². The Morgan fingerprint density at radius 2 is 2.04 bits per heavy atom. The average molecular weight is 326 g/mol. The Morgan fingerprint density at radius 1 is 1.25 bits per heavy atom. The molecule has 7 heteroatoms. The summed E-state index contributed by atoms with van der Waals surface area (Å²) < 4.78 is 18.7. The maximum atomic E-state index is 13.0. The predicted octanol–water partition coefficient (Wildman–Crippen LogP) is 3.01. The summed E-state index contributed by atoms with van der Waals surface area (Å²) in [5.74, 6) is 0.171. The van der Waals surface area contributed by atoms with Crippen molar-refractivity contribution in [3.63, 3.8) is 0 Å². The maximum absolute atomic E-state index is 13.0. The lowest BCUT2D eigenvalue weighted by Gasteiger charge is -2.18. The second kappa shape index (κ2) is 6.91. The van der Waals surface area contributed by atoms with Crippen molar-refractivity contribution in [2.24, 2.45) is 0 Å². The van der Waals surface area contributed by atoms with Gasteiger partial charge in [-0.3, -0.25) is 14.9 Å². The molecule has 2 heterocycles. The second-order valence-corrected chi connectivity index (χ2v) is 5.20. The molecular weight excluding hydrogens is 311 g/mol. The molecule has 0 aliphatic carbocycles. The van der Waals surface area contributed by atoms with E-state index in [1.165, 1.54) is 36.7 Å². The van der Waals surface area contributed by atoms with Crippen LogP contribution in [0.25, 0.3) is 0 Å². The van der Waals surface area contributed by atoms with Crippen LogP contribution in [0.3, 0.4) is 0 Å². The minimum atomic E-state index is -0.357. The number of nitrogens with zero attached hydrogens (tertiary/aromatic N) is 3. The van der Waals surface area contributed by atoms with Crippen molar-refractivity contribution in [3.8, 4) is 11.5 Å². The molecule has 122 valence electrons. The quantitative estimate of drug-likeness (QED) is 0.782. The fourth-order valence-corrected chi connectivity index (χ4v) is 2.18. The lowest BCUT2D eigenvalue weighted by molar-refractivity contribution is 0.0782. The third kappa shape index (κ3) is 3.57. The summed E-state index contributed by atoms with van der Waals surface area (Å²) in [6, 6.07) is 7.15. The molecule has 0 atom stereocenters. The highest BCUT2D eigenvalue weighted by atomic mass is 19.1. The van der Waals surface area contributed by atoms with Gasteiger partial charge in [-0.1, -0.05) is 0 Å². The minimum Gasteiger partial charge on any atom is -0.455 e. The molecule has 0 radical (unpaired) electrons. The van der Waals surface area contributed by atoms with E-state index in [4.69, 9.17) is 4.74 Å². The van der Waals surface area contributed by atoms with Crippen molar-refractivity contribution < 1.29 is 13.9 Å². The third-order valence-corrected chi connectivity index (χ3v) is 3.38. The van der Waals surface area contributed by atoms with Crippen LogP contribution < -0.4 is 4.74 Å². The van der Waals surface area contributed by atoms with Crippen molar-refractivity contribution in [2.45, 2.75) is 6.54 Å². The standard InChI is InChI=1S/C17H15FN4O2/c1-22(11-12-8-20-21-9-12)17(23)15-6-7-19-10-16(15)24-14-4-2-13(18)3-5-14/h2-10H,11H2,1H3,(H,20,21). The van der Waals surface area contributed by atoms with Crippen LogP contribution in [-0.2, 0) is 6.54 Å². The van der Waals surface area contributed by atoms with Gasteiger partial charge in [0.05, 0.1) is 18.0 Å². The van der Waals surface area contributed by atoms with Crippen LogP contribution >= 0.6 is 0 Å². The van der Waals surface area contributed by atoms with E-state index >= 15 is 0 Å². The van der Waals surface area contributed by atoms with Crippen LogP contribution in [0.5, 0.6) is 11.5 Å². The Kier molecular flexibility index (Phi) is 4.51. The molecule has 0 spiro atoms. The van der Waals surface area contributed by atoms with Crippen LogP contribution in [-0.4, -0.2) is 33.0 Å². The molecule has 24 heavy (non-hydrogen) atoms. The number of carbonyl (C=O) groups is 1. The van der Waals surface area contributed by atoms with E-state index in [2.05, 4.69) is 15.2 Å². The molecular formula is C17H15FN4O2. The Morgan fingerprint density at radius 3 is 2.75 bits per heavy atom. The first-order valence-corrected chi connectivity index (χ1v) is 7.24. The first-order chi connectivity index (χ1) is 11.6. The molecule has 1 aromatic carbocycles. The van der Waals surface area contributed by atoms with Gasteiger partial charge in [0.1, 0.15) is 11.6 Å². The second-order valence-electron chi connectivity index (χ2n) is 5.20. The molecule has 0 fully saturated rings. The smallest absolute Gasteiger partial charge is 0.257 e. The zero-order valence-electron chi connectivity index (χ0n) is 12.9. The Labute approximate surface area is 137 Å². The number of pyridine rings is 1.